The fourth-order valence-electron chi connectivity index (χ4n) is 2.17. The monoisotopic (exact) mass is 236 g/mol. The molecule has 0 saturated carbocycles. The van der Waals surface area contributed by atoms with Crippen molar-refractivity contribution in [3.8, 4) is 0 Å². The minimum Gasteiger partial charge on any atom is -0.373 e. The number of carbonyl (C=O) groups is 1. The third-order valence-electron chi connectivity index (χ3n) is 3.20. The van der Waals surface area contributed by atoms with Gasteiger partial charge in [-0.05, 0) is 50.4 Å². The molecule has 0 amide bonds. The number of nitrogens with one attached hydrogen (secondary N) is 2. The van der Waals surface area contributed by atoms with E-state index in [0.717, 1.165) is 19.5 Å². The first-order valence-corrected chi connectivity index (χ1v) is 6.31. The van der Waals surface area contributed by atoms with Crippen molar-refractivity contribution < 1.29 is 9.53 Å². The Morgan fingerprint density at radius 3 is 3.18 bits per heavy atom. The SMILES string of the molecule is O=C(COCC[C@H]1CCCNC1)c1ccc[nH]1. The average Bonchev–Trinajstić information content (AvgIpc) is 2.89. The van der Waals surface area contributed by atoms with Gasteiger partial charge in [0.15, 0.2) is 0 Å². The molecule has 0 aliphatic carbocycles. The van der Waals surface area contributed by atoms with E-state index in [1.165, 1.54) is 12.8 Å². The number of carbonyl (C=O) groups excluding carboxylic acids is 1. The normalized spacial score (nSPS) is 20.4. The van der Waals surface area contributed by atoms with Gasteiger partial charge in [0.05, 0.1) is 5.69 Å². The number of aromatic amines is 1. The van der Waals surface area contributed by atoms with Crippen LogP contribution in [-0.4, -0.2) is 37.1 Å². The topological polar surface area (TPSA) is 54.1 Å². The predicted molar refractivity (Wildman–Crippen MR) is 66.2 cm³/mol. The maximum Gasteiger partial charge on any atom is 0.204 e. The van der Waals surface area contributed by atoms with Crippen LogP contribution in [0, 0.1) is 5.92 Å². The van der Waals surface area contributed by atoms with Gasteiger partial charge in [-0.15, -0.1) is 0 Å². The van der Waals surface area contributed by atoms with Crippen LogP contribution in [0.2, 0.25) is 0 Å². The Bertz CT molecular complexity index is 329. The molecule has 2 N–H and O–H groups in total. The van der Waals surface area contributed by atoms with E-state index in [4.69, 9.17) is 4.74 Å². The summed E-state index contributed by atoms with van der Waals surface area (Å²) in [5.74, 6) is 0.737. The summed E-state index contributed by atoms with van der Waals surface area (Å²) in [7, 11) is 0. The first-order valence-electron chi connectivity index (χ1n) is 6.31. The number of aromatic nitrogens is 1. The van der Waals surface area contributed by atoms with E-state index >= 15 is 0 Å². The summed E-state index contributed by atoms with van der Waals surface area (Å²) in [6, 6.07) is 3.59. The first-order chi connectivity index (χ1) is 8.36. The van der Waals surface area contributed by atoms with Gasteiger partial charge >= 0.3 is 0 Å². The summed E-state index contributed by atoms with van der Waals surface area (Å²) >= 11 is 0. The minimum absolute atomic E-state index is 0.0248. The molecule has 0 aromatic carbocycles. The molecular formula is C13H20N2O2. The summed E-state index contributed by atoms with van der Waals surface area (Å²) in [5.41, 5.74) is 0.629. The number of ketones is 1. The molecule has 1 saturated heterocycles. The van der Waals surface area contributed by atoms with Crippen LogP contribution in [0.15, 0.2) is 18.3 Å². The zero-order valence-corrected chi connectivity index (χ0v) is 10.1. The van der Waals surface area contributed by atoms with E-state index in [-0.39, 0.29) is 12.4 Å². The molecular weight excluding hydrogens is 216 g/mol. The number of piperidine rings is 1. The highest BCUT2D eigenvalue weighted by atomic mass is 16.5. The molecule has 4 heteroatoms. The highest BCUT2D eigenvalue weighted by Gasteiger charge is 2.13. The van der Waals surface area contributed by atoms with Crippen LogP contribution in [0.5, 0.6) is 0 Å². The summed E-state index contributed by atoms with van der Waals surface area (Å²) in [4.78, 5) is 14.5. The van der Waals surface area contributed by atoms with E-state index in [0.29, 0.717) is 18.2 Å². The highest BCUT2D eigenvalue weighted by molar-refractivity contribution is 5.95. The Kier molecular flexibility index (Phi) is 4.76. The van der Waals surface area contributed by atoms with Crippen LogP contribution in [0.1, 0.15) is 29.8 Å². The lowest BCUT2D eigenvalue weighted by atomic mass is 9.97. The van der Waals surface area contributed by atoms with Crippen molar-refractivity contribution in [3.05, 3.63) is 24.0 Å². The standard InChI is InChI=1S/C13H20N2O2/c16-13(12-4-2-7-15-12)10-17-8-5-11-3-1-6-14-9-11/h2,4,7,11,14-15H,1,3,5-6,8-10H2/t11-/m1/s1. The first kappa shape index (κ1) is 12.3. The highest BCUT2D eigenvalue weighted by Crippen LogP contribution is 2.13. The Balaban J connectivity index is 1.58. The van der Waals surface area contributed by atoms with Gasteiger partial charge in [0.25, 0.3) is 0 Å². The van der Waals surface area contributed by atoms with Crippen molar-refractivity contribution in [2.75, 3.05) is 26.3 Å². The molecule has 1 aromatic heterocycles. The maximum atomic E-state index is 11.6. The van der Waals surface area contributed by atoms with Gasteiger partial charge in [0.2, 0.25) is 5.78 Å². The van der Waals surface area contributed by atoms with Crippen LogP contribution in [0.4, 0.5) is 0 Å². The van der Waals surface area contributed by atoms with Crippen LogP contribution in [0.3, 0.4) is 0 Å². The fourth-order valence-corrected chi connectivity index (χ4v) is 2.17. The van der Waals surface area contributed by atoms with Crippen molar-refractivity contribution in [2.45, 2.75) is 19.3 Å². The zero-order chi connectivity index (χ0) is 11.9. The lowest BCUT2D eigenvalue weighted by molar-refractivity contribution is 0.0721. The number of rotatable bonds is 6. The molecule has 1 fully saturated rings. The summed E-state index contributed by atoms with van der Waals surface area (Å²) in [5, 5.41) is 3.38. The Hall–Kier alpha value is -1.13. The van der Waals surface area contributed by atoms with Crippen molar-refractivity contribution in [2.24, 2.45) is 5.92 Å². The molecule has 0 bridgehead atoms. The number of Topliss-reactive ketones (excluding diaryl/α,β-unsaturated/α-hetero) is 1. The number of hydrogen-bond acceptors (Lipinski definition) is 3. The number of ether oxygens (including phenoxy) is 1. The summed E-state index contributed by atoms with van der Waals surface area (Å²) in [6.45, 7) is 3.09. The van der Waals surface area contributed by atoms with E-state index in [1.807, 2.05) is 6.07 Å². The van der Waals surface area contributed by atoms with Gasteiger partial charge in [0, 0.05) is 12.8 Å². The van der Waals surface area contributed by atoms with Gasteiger partial charge in [-0.3, -0.25) is 4.79 Å². The molecule has 0 unspecified atom stereocenters. The summed E-state index contributed by atoms with van der Waals surface area (Å²) in [6.07, 6.45) is 5.33. The minimum atomic E-state index is 0.0248. The third kappa shape index (κ3) is 3.98. The quantitative estimate of drug-likeness (QED) is 0.582. The second-order valence-electron chi connectivity index (χ2n) is 4.56. The average molecular weight is 236 g/mol. The van der Waals surface area contributed by atoms with Gasteiger partial charge < -0.3 is 15.0 Å². The summed E-state index contributed by atoms with van der Waals surface area (Å²) < 4.78 is 5.42. The van der Waals surface area contributed by atoms with Gasteiger partial charge in [-0.2, -0.15) is 0 Å². The predicted octanol–water partition coefficient (Wildman–Crippen LogP) is 1.60. The van der Waals surface area contributed by atoms with Crippen molar-refractivity contribution >= 4 is 5.78 Å². The maximum absolute atomic E-state index is 11.6. The fraction of sp³-hybridized carbons (Fsp3) is 0.615. The Labute approximate surface area is 102 Å². The van der Waals surface area contributed by atoms with Crippen LogP contribution in [0.25, 0.3) is 0 Å². The second kappa shape index (κ2) is 6.57. The Morgan fingerprint density at radius 1 is 1.53 bits per heavy atom. The molecule has 0 radical (unpaired) electrons. The second-order valence-corrected chi connectivity index (χ2v) is 4.56. The van der Waals surface area contributed by atoms with Crippen molar-refractivity contribution in [1.29, 1.82) is 0 Å². The van der Waals surface area contributed by atoms with E-state index < -0.39 is 0 Å². The van der Waals surface area contributed by atoms with Gasteiger partial charge in [-0.25, -0.2) is 0 Å². The lowest BCUT2D eigenvalue weighted by Crippen LogP contribution is -2.30. The molecule has 1 aliphatic heterocycles. The molecule has 1 aromatic rings. The smallest absolute Gasteiger partial charge is 0.204 e. The molecule has 2 rings (SSSR count). The Morgan fingerprint density at radius 2 is 2.47 bits per heavy atom. The zero-order valence-electron chi connectivity index (χ0n) is 10.1. The lowest BCUT2D eigenvalue weighted by Gasteiger charge is -2.22. The van der Waals surface area contributed by atoms with E-state index in [9.17, 15) is 4.79 Å². The van der Waals surface area contributed by atoms with Crippen LogP contribution < -0.4 is 5.32 Å². The molecule has 17 heavy (non-hydrogen) atoms. The van der Waals surface area contributed by atoms with Crippen molar-refractivity contribution in [3.63, 3.8) is 0 Å². The van der Waals surface area contributed by atoms with Gasteiger partial charge in [0.1, 0.15) is 6.61 Å². The van der Waals surface area contributed by atoms with E-state index in [1.54, 1.807) is 12.3 Å². The van der Waals surface area contributed by atoms with Crippen LogP contribution >= 0.6 is 0 Å². The molecule has 1 aliphatic rings. The third-order valence-corrected chi connectivity index (χ3v) is 3.20. The number of H-pyrrole nitrogens is 1. The van der Waals surface area contributed by atoms with Gasteiger partial charge in [-0.1, -0.05) is 0 Å². The molecule has 0 spiro atoms. The van der Waals surface area contributed by atoms with Crippen molar-refractivity contribution in [1.82, 2.24) is 10.3 Å². The molecule has 2 heterocycles. The molecule has 1 atom stereocenters. The molecule has 94 valence electrons. The largest absolute Gasteiger partial charge is 0.373 e. The molecule has 4 nitrogen and oxygen atoms in total. The van der Waals surface area contributed by atoms with Crippen LogP contribution in [-0.2, 0) is 4.74 Å². The number of hydrogen-bond donors (Lipinski definition) is 2. The van der Waals surface area contributed by atoms with E-state index in [2.05, 4.69) is 10.3 Å².